The molecule has 0 amide bonds. The Morgan fingerprint density at radius 1 is 1.14 bits per heavy atom. The van der Waals surface area contributed by atoms with Gasteiger partial charge in [-0.25, -0.2) is 4.79 Å². The van der Waals surface area contributed by atoms with E-state index in [1.165, 1.54) is 5.57 Å². The highest BCUT2D eigenvalue weighted by molar-refractivity contribution is 5.87. The van der Waals surface area contributed by atoms with E-state index in [0.717, 1.165) is 12.8 Å². The summed E-state index contributed by atoms with van der Waals surface area (Å²) >= 11 is 0. The van der Waals surface area contributed by atoms with Gasteiger partial charge < -0.3 is 4.74 Å². The van der Waals surface area contributed by atoms with Crippen molar-refractivity contribution in [1.82, 2.24) is 0 Å². The molecular formula is C12H20O2. The van der Waals surface area contributed by atoms with Gasteiger partial charge in [0.05, 0.1) is 6.61 Å². The van der Waals surface area contributed by atoms with Crippen LogP contribution in [0.1, 0.15) is 40.5 Å². The highest BCUT2D eigenvalue weighted by atomic mass is 16.5. The topological polar surface area (TPSA) is 26.3 Å². The maximum Gasteiger partial charge on any atom is 0.333 e. The lowest BCUT2D eigenvalue weighted by Crippen LogP contribution is -2.04. The molecular weight excluding hydrogens is 176 g/mol. The molecule has 0 aliphatic carbocycles. The number of rotatable bonds is 5. The lowest BCUT2D eigenvalue weighted by molar-refractivity contribution is -0.138. The summed E-state index contributed by atoms with van der Waals surface area (Å²) in [4.78, 5) is 11.2. The number of unbranched alkanes of at least 4 members (excludes halogenated alkanes) is 1. The summed E-state index contributed by atoms with van der Waals surface area (Å²) in [5.41, 5.74) is 2.01. The Balaban J connectivity index is 3.88. The Morgan fingerprint density at radius 3 is 2.21 bits per heavy atom. The van der Waals surface area contributed by atoms with Crippen LogP contribution in [0.4, 0.5) is 0 Å². The molecule has 2 heteroatoms. The first-order chi connectivity index (χ1) is 6.57. The maximum atomic E-state index is 11.2. The molecule has 0 aromatic rings. The second kappa shape index (κ2) is 7.36. The first-order valence-electron chi connectivity index (χ1n) is 5.05. The molecule has 0 saturated carbocycles. The summed E-state index contributed by atoms with van der Waals surface area (Å²) in [6.07, 6.45) is 5.97. The molecule has 0 aliphatic heterocycles. The number of hydrogen-bond acceptors (Lipinski definition) is 2. The highest BCUT2D eigenvalue weighted by Gasteiger charge is 2.02. The van der Waals surface area contributed by atoms with Gasteiger partial charge in [-0.15, -0.1) is 0 Å². The van der Waals surface area contributed by atoms with E-state index in [1.54, 1.807) is 6.92 Å². The van der Waals surface area contributed by atoms with Crippen molar-refractivity contribution in [1.29, 1.82) is 0 Å². The molecule has 0 heterocycles. The van der Waals surface area contributed by atoms with Crippen LogP contribution >= 0.6 is 0 Å². The smallest absolute Gasteiger partial charge is 0.333 e. The highest BCUT2D eigenvalue weighted by Crippen LogP contribution is 2.03. The van der Waals surface area contributed by atoms with Crippen molar-refractivity contribution < 1.29 is 9.53 Å². The molecule has 2 nitrogen and oxygen atoms in total. The predicted molar refractivity (Wildman–Crippen MR) is 59.1 cm³/mol. The third kappa shape index (κ3) is 6.46. The summed E-state index contributed by atoms with van der Waals surface area (Å²) in [6.45, 7) is 8.19. The fraction of sp³-hybridized carbons (Fsp3) is 0.583. The molecule has 0 aromatic carbocycles. The van der Waals surface area contributed by atoms with E-state index in [9.17, 15) is 4.79 Å². The molecule has 0 aliphatic rings. The minimum atomic E-state index is -0.204. The summed E-state index contributed by atoms with van der Waals surface area (Å²) in [7, 11) is 0. The summed E-state index contributed by atoms with van der Waals surface area (Å²) in [6, 6.07) is 0. The van der Waals surface area contributed by atoms with Gasteiger partial charge in [0.2, 0.25) is 0 Å². The number of carbonyl (C=O) groups excluding carboxylic acids is 1. The molecule has 0 aromatic heterocycles. The van der Waals surface area contributed by atoms with Crippen LogP contribution in [-0.2, 0) is 9.53 Å². The van der Waals surface area contributed by atoms with Crippen molar-refractivity contribution in [3.8, 4) is 0 Å². The zero-order valence-electron chi connectivity index (χ0n) is 9.59. The van der Waals surface area contributed by atoms with Gasteiger partial charge in [-0.2, -0.15) is 0 Å². The molecule has 80 valence electrons. The molecule has 0 spiro atoms. The Bertz CT molecular complexity index is 233. The monoisotopic (exact) mass is 196 g/mol. The molecule has 0 N–H and O–H groups in total. The number of esters is 1. The first-order valence-corrected chi connectivity index (χ1v) is 5.05. The van der Waals surface area contributed by atoms with Crippen LogP contribution in [-0.4, -0.2) is 12.6 Å². The van der Waals surface area contributed by atoms with E-state index in [2.05, 4.69) is 19.9 Å². The average Bonchev–Trinajstić information content (AvgIpc) is 2.12. The second-order valence-corrected chi connectivity index (χ2v) is 3.47. The quantitative estimate of drug-likeness (QED) is 0.292. The van der Waals surface area contributed by atoms with Crippen LogP contribution in [0.25, 0.3) is 0 Å². The van der Waals surface area contributed by atoms with Crippen molar-refractivity contribution in [3.05, 3.63) is 23.3 Å². The fourth-order valence-electron chi connectivity index (χ4n) is 1.00. The standard InChI is InChI=1S/C12H20O2/c1-5-14-12(13)11(4)9-7-6-8-10(2)3/h8-9H,5-7H2,1-4H3/b11-9-. The third-order valence-corrected chi connectivity index (χ3v) is 1.77. The van der Waals surface area contributed by atoms with E-state index < -0.39 is 0 Å². The molecule has 0 fully saturated rings. The van der Waals surface area contributed by atoms with Crippen molar-refractivity contribution in [2.45, 2.75) is 40.5 Å². The average molecular weight is 196 g/mol. The molecule has 14 heavy (non-hydrogen) atoms. The van der Waals surface area contributed by atoms with Gasteiger partial charge in [0.25, 0.3) is 0 Å². The van der Waals surface area contributed by atoms with E-state index in [-0.39, 0.29) is 5.97 Å². The van der Waals surface area contributed by atoms with Crippen LogP contribution in [0.3, 0.4) is 0 Å². The molecule has 0 saturated heterocycles. The van der Waals surface area contributed by atoms with Crippen molar-refractivity contribution in [3.63, 3.8) is 0 Å². The van der Waals surface area contributed by atoms with E-state index in [0.29, 0.717) is 12.2 Å². The zero-order valence-corrected chi connectivity index (χ0v) is 9.59. The van der Waals surface area contributed by atoms with Gasteiger partial charge in [0.1, 0.15) is 0 Å². The van der Waals surface area contributed by atoms with Crippen molar-refractivity contribution in [2.24, 2.45) is 0 Å². The number of allylic oxidation sites excluding steroid dienone is 3. The Morgan fingerprint density at radius 2 is 1.71 bits per heavy atom. The fourth-order valence-corrected chi connectivity index (χ4v) is 1.00. The lowest BCUT2D eigenvalue weighted by Gasteiger charge is -2.00. The van der Waals surface area contributed by atoms with Gasteiger partial charge in [-0.05, 0) is 40.5 Å². The van der Waals surface area contributed by atoms with Crippen LogP contribution in [0.15, 0.2) is 23.3 Å². The Labute approximate surface area is 86.6 Å². The SMILES string of the molecule is CCOC(=O)/C(C)=C\CCC=C(C)C. The van der Waals surface area contributed by atoms with Gasteiger partial charge in [-0.1, -0.05) is 17.7 Å². The third-order valence-electron chi connectivity index (χ3n) is 1.77. The zero-order chi connectivity index (χ0) is 11.0. The molecule has 0 radical (unpaired) electrons. The summed E-state index contributed by atoms with van der Waals surface area (Å²) in [5.74, 6) is -0.204. The predicted octanol–water partition coefficient (Wildman–Crippen LogP) is 3.24. The Hall–Kier alpha value is -1.05. The number of hydrogen-bond donors (Lipinski definition) is 0. The van der Waals surface area contributed by atoms with Gasteiger partial charge in [-0.3, -0.25) is 0 Å². The number of ether oxygens (including phenoxy) is 1. The largest absolute Gasteiger partial charge is 0.463 e. The minimum Gasteiger partial charge on any atom is -0.463 e. The van der Waals surface area contributed by atoms with Crippen LogP contribution in [0.2, 0.25) is 0 Å². The normalized spacial score (nSPS) is 11.0. The minimum absolute atomic E-state index is 0.204. The number of carbonyl (C=O) groups is 1. The van der Waals surface area contributed by atoms with E-state index in [1.807, 2.05) is 13.0 Å². The van der Waals surface area contributed by atoms with Crippen molar-refractivity contribution >= 4 is 5.97 Å². The molecule has 0 bridgehead atoms. The summed E-state index contributed by atoms with van der Waals surface area (Å²) < 4.78 is 4.86. The van der Waals surface area contributed by atoms with Gasteiger partial charge in [0, 0.05) is 5.57 Å². The van der Waals surface area contributed by atoms with E-state index in [4.69, 9.17) is 4.74 Å². The lowest BCUT2D eigenvalue weighted by atomic mass is 10.2. The van der Waals surface area contributed by atoms with Crippen molar-refractivity contribution in [2.75, 3.05) is 6.61 Å². The maximum absolute atomic E-state index is 11.2. The van der Waals surface area contributed by atoms with Crippen LogP contribution in [0.5, 0.6) is 0 Å². The first kappa shape index (κ1) is 12.9. The van der Waals surface area contributed by atoms with Crippen LogP contribution < -0.4 is 0 Å². The summed E-state index contributed by atoms with van der Waals surface area (Å²) in [5, 5.41) is 0. The van der Waals surface area contributed by atoms with Crippen LogP contribution in [0, 0.1) is 0 Å². The van der Waals surface area contributed by atoms with E-state index >= 15 is 0 Å². The molecule has 0 rings (SSSR count). The van der Waals surface area contributed by atoms with Gasteiger partial charge >= 0.3 is 5.97 Å². The molecule has 0 unspecified atom stereocenters. The van der Waals surface area contributed by atoms with Gasteiger partial charge in [0.15, 0.2) is 0 Å². The second-order valence-electron chi connectivity index (χ2n) is 3.47. The Kier molecular flexibility index (Phi) is 6.81. The molecule has 0 atom stereocenters.